The molecule has 0 radical (unpaired) electrons. The van der Waals surface area contributed by atoms with Gasteiger partial charge in [-0.15, -0.1) is 0 Å². The summed E-state index contributed by atoms with van der Waals surface area (Å²) < 4.78 is 1.10. The van der Waals surface area contributed by atoms with Crippen molar-refractivity contribution in [3.63, 3.8) is 0 Å². The number of benzene rings is 2. The molecule has 20 heavy (non-hydrogen) atoms. The summed E-state index contributed by atoms with van der Waals surface area (Å²) in [6, 6.07) is 13.7. The number of thiazole rings is 1. The maximum atomic E-state index is 6.20. The fourth-order valence-corrected chi connectivity index (χ4v) is 3.21. The van der Waals surface area contributed by atoms with Crippen molar-refractivity contribution < 1.29 is 0 Å². The monoisotopic (exact) mass is 303 g/mol. The van der Waals surface area contributed by atoms with Crippen LogP contribution in [-0.2, 0) is 6.54 Å². The van der Waals surface area contributed by atoms with Gasteiger partial charge in [0.2, 0.25) is 0 Å². The molecule has 3 rings (SSSR count). The van der Waals surface area contributed by atoms with Crippen LogP contribution >= 0.6 is 22.9 Å². The second kappa shape index (κ2) is 5.31. The molecule has 1 heterocycles. The van der Waals surface area contributed by atoms with Crippen LogP contribution in [0.15, 0.2) is 42.5 Å². The van der Waals surface area contributed by atoms with Crippen molar-refractivity contribution in [2.75, 3.05) is 17.7 Å². The van der Waals surface area contributed by atoms with E-state index in [0.717, 1.165) is 38.2 Å². The molecule has 2 N–H and O–H groups in total. The molecular formula is C15H14ClN3S. The maximum Gasteiger partial charge on any atom is 0.186 e. The molecule has 0 spiro atoms. The maximum absolute atomic E-state index is 6.20. The molecular weight excluding hydrogens is 290 g/mol. The zero-order valence-corrected chi connectivity index (χ0v) is 12.6. The minimum Gasteiger partial charge on any atom is -0.399 e. The highest BCUT2D eigenvalue weighted by atomic mass is 35.5. The normalized spacial score (nSPS) is 10.9. The average Bonchev–Trinajstić information content (AvgIpc) is 2.84. The van der Waals surface area contributed by atoms with Crippen molar-refractivity contribution in [2.24, 2.45) is 0 Å². The number of fused-ring (bicyclic) bond motifs is 1. The van der Waals surface area contributed by atoms with E-state index in [-0.39, 0.29) is 0 Å². The Kier molecular flexibility index (Phi) is 3.51. The van der Waals surface area contributed by atoms with Crippen molar-refractivity contribution in [1.82, 2.24) is 4.98 Å². The number of nitrogen functional groups attached to an aromatic ring is 1. The summed E-state index contributed by atoms with van der Waals surface area (Å²) >= 11 is 7.83. The van der Waals surface area contributed by atoms with Crippen molar-refractivity contribution in [2.45, 2.75) is 6.54 Å². The van der Waals surface area contributed by atoms with Gasteiger partial charge in [-0.25, -0.2) is 4.98 Å². The Labute approximate surface area is 126 Å². The van der Waals surface area contributed by atoms with Crippen LogP contribution < -0.4 is 10.6 Å². The van der Waals surface area contributed by atoms with Gasteiger partial charge in [0.05, 0.1) is 10.2 Å². The van der Waals surface area contributed by atoms with Crippen LogP contribution in [0.1, 0.15) is 5.56 Å². The molecule has 102 valence electrons. The standard InChI is InChI=1S/C15H14ClN3S/c1-19(9-10-4-2-3-5-12(10)16)15-18-13-7-6-11(17)8-14(13)20-15/h2-8H,9,17H2,1H3. The predicted octanol–water partition coefficient (Wildman–Crippen LogP) is 4.17. The zero-order valence-electron chi connectivity index (χ0n) is 11.0. The van der Waals surface area contributed by atoms with Gasteiger partial charge in [-0.1, -0.05) is 41.1 Å². The third kappa shape index (κ3) is 2.57. The molecule has 0 aliphatic rings. The highest BCUT2D eigenvalue weighted by Crippen LogP contribution is 2.30. The van der Waals surface area contributed by atoms with E-state index in [0.29, 0.717) is 0 Å². The van der Waals surface area contributed by atoms with Crippen LogP contribution in [0.3, 0.4) is 0 Å². The highest BCUT2D eigenvalue weighted by Gasteiger charge is 2.10. The molecule has 2 aromatic carbocycles. The molecule has 1 aromatic heterocycles. The van der Waals surface area contributed by atoms with Crippen LogP contribution in [0.25, 0.3) is 10.2 Å². The fraction of sp³-hybridized carbons (Fsp3) is 0.133. The Hall–Kier alpha value is -1.78. The number of rotatable bonds is 3. The molecule has 5 heteroatoms. The lowest BCUT2D eigenvalue weighted by atomic mass is 10.2. The summed E-state index contributed by atoms with van der Waals surface area (Å²) in [5.41, 5.74) is 8.64. The van der Waals surface area contributed by atoms with Crippen molar-refractivity contribution in [3.05, 3.63) is 53.1 Å². The van der Waals surface area contributed by atoms with Crippen molar-refractivity contribution in [3.8, 4) is 0 Å². The van der Waals surface area contributed by atoms with Gasteiger partial charge in [0, 0.05) is 24.3 Å². The fourth-order valence-electron chi connectivity index (χ4n) is 2.04. The Balaban J connectivity index is 1.89. The van der Waals surface area contributed by atoms with Gasteiger partial charge in [0.15, 0.2) is 5.13 Å². The summed E-state index contributed by atoms with van der Waals surface area (Å²) in [5, 5.41) is 1.75. The Morgan fingerprint density at radius 1 is 1.25 bits per heavy atom. The van der Waals surface area contributed by atoms with Crippen molar-refractivity contribution >= 4 is 44.0 Å². The van der Waals surface area contributed by atoms with Gasteiger partial charge < -0.3 is 10.6 Å². The molecule has 0 aliphatic heterocycles. The minimum absolute atomic E-state index is 0.731. The van der Waals surface area contributed by atoms with Crippen LogP contribution in [-0.4, -0.2) is 12.0 Å². The van der Waals surface area contributed by atoms with E-state index >= 15 is 0 Å². The van der Waals surface area contributed by atoms with Gasteiger partial charge in [-0.2, -0.15) is 0 Å². The topological polar surface area (TPSA) is 42.2 Å². The van der Waals surface area contributed by atoms with E-state index in [1.165, 1.54) is 0 Å². The molecule has 3 aromatic rings. The van der Waals surface area contributed by atoms with E-state index in [1.807, 2.05) is 49.5 Å². The first kappa shape index (κ1) is 13.2. The number of halogens is 1. The molecule has 0 saturated carbocycles. The summed E-state index contributed by atoms with van der Waals surface area (Å²) in [4.78, 5) is 6.72. The number of aromatic nitrogens is 1. The summed E-state index contributed by atoms with van der Waals surface area (Å²) in [5.74, 6) is 0. The molecule has 0 amide bonds. The number of nitrogens with two attached hydrogens (primary N) is 1. The number of nitrogens with zero attached hydrogens (tertiary/aromatic N) is 2. The van der Waals surface area contributed by atoms with Crippen LogP contribution in [0.5, 0.6) is 0 Å². The molecule has 0 aliphatic carbocycles. The average molecular weight is 304 g/mol. The number of anilines is 2. The second-order valence-electron chi connectivity index (χ2n) is 4.67. The lowest BCUT2D eigenvalue weighted by molar-refractivity contribution is 0.917. The van der Waals surface area contributed by atoms with E-state index in [2.05, 4.69) is 9.88 Å². The number of hydrogen-bond donors (Lipinski definition) is 1. The van der Waals surface area contributed by atoms with Crippen molar-refractivity contribution in [1.29, 1.82) is 0 Å². The van der Waals surface area contributed by atoms with Gasteiger partial charge in [-0.3, -0.25) is 0 Å². The van der Waals surface area contributed by atoms with Gasteiger partial charge in [-0.05, 0) is 29.8 Å². The lowest BCUT2D eigenvalue weighted by Crippen LogP contribution is -2.16. The third-order valence-corrected chi connectivity index (χ3v) is 4.59. The van der Waals surface area contributed by atoms with E-state index < -0.39 is 0 Å². The third-order valence-electron chi connectivity index (χ3n) is 3.09. The highest BCUT2D eigenvalue weighted by molar-refractivity contribution is 7.22. The first-order chi connectivity index (χ1) is 9.63. The smallest absolute Gasteiger partial charge is 0.186 e. The first-order valence-electron chi connectivity index (χ1n) is 6.24. The van der Waals surface area contributed by atoms with Gasteiger partial charge >= 0.3 is 0 Å². The van der Waals surface area contributed by atoms with Gasteiger partial charge in [0.25, 0.3) is 0 Å². The van der Waals surface area contributed by atoms with Gasteiger partial charge in [0.1, 0.15) is 0 Å². The van der Waals surface area contributed by atoms with E-state index in [1.54, 1.807) is 11.3 Å². The SMILES string of the molecule is CN(Cc1ccccc1Cl)c1nc2ccc(N)cc2s1. The molecule has 0 atom stereocenters. The summed E-state index contributed by atoms with van der Waals surface area (Å²) in [6.45, 7) is 0.731. The summed E-state index contributed by atoms with van der Waals surface area (Å²) in [7, 11) is 2.02. The quantitative estimate of drug-likeness (QED) is 0.738. The summed E-state index contributed by atoms with van der Waals surface area (Å²) in [6.07, 6.45) is 0. The molecule has 3 nitrogen and oxygen atoms in total. The van der Waals surface area contributed by atoms with E-state index in [4.69, 9.17) is 17.3 Å². The molecule has 0 fully saturated rings. The second-order valence-corrected chi connectivity index (χ2v) is 6.09. The van der Waals surface area contributed by atoms with Crippen LogP contribution in [0.2, 0.25) is 5.02 Å². The Morgan fingerprint density at radius 3 is 2.85 bits per heavy atom. The molecule has 0 bridgehead atoms. The first-order valence-corrected chi connectivity index (χ1v) is 7.43. The zero-order chi connectivity index (χ0) is 14.1. The van der Waals surface area contributed by atoms with Crippen LogP contribution in [0.4, 0.5) is 10.8 Å². The minimum atomic E-state index is 0.731. The Bertz CT molecular complexity index is 754. The molecule has 0 unspecified atom stereocenters. The predicted molar refractivity (Wildman–Crippen MR) is 87.6 cm³/mol. The van der Waals surface area contributed by atoms with E-state index in [9.17, 15) is 0 Å². The van der Waals surface area contributed by atoms with Crippen LogP contribution in [0, 0.1) is 0 Å². The lowest BCUT2D eigenvalue weighted by Gasteiger charge is -2.16. The largest absolute Gasteiger partial charge is 0.399 e. The molecule has 0 saturated heterocycles. The Morgan fingerprint density at radius 2 is 2.05 bits per heavy atom. The number of hydrogen-bond acceptors (Lipinski definition) is 4.